The summed E-state index contributed by atoms with van der Waals surface area (Å²) in [5.41, 5.74) is 2.12. The molecule has 2 heterocycles. The van der Waals surface area contributed by atoms with Crippen LogP contribution in [0.1, 0.15) is 6.42 Å². The predicted molar refractivity (Wildman–Crippen MR) is 66.0 cm³/mol. The molecule has 0 spiro atoms. The topological polar surface area (TPSA) is 44.1 Å². The van der Waals surface area contributed by atoms with Gasteiger partial charge >= 0.3 is 5.97 Å². The van der Waals surface area contributed by atoms with E-state index in [4.69, 9.17) is 4.74 Å². The fourth-order valence-electron chi connectivity index (χ4n) is 2.09. The van der Waals surface area contributed by atoms with Gasteiger partial charge in [0.25, 0.3) is 0 Å². The van der Waals surface area contributed by atoms with Gasteiger partial charge < -0.3 is 9.30 Å². The van der Waals surface area contributed by atoms with Crippen molar-refractivity contribution in [2.24, 2.45) is 0 Å². The third-order valence-corrected chi connectivity index (χ3v) is 4.18. The molecule has 17 heavy (non-hydrogen) atoms. The molecule has 1 aliphatic rings. The van der Waals surface area contributed by atoms with Crippen molar-refractivity contribution in [1.82, 2.24) is 9.55 Å². The third-order valence-electron chi connectivity index (χ3n) is 2.95. The van der Waals surface area contributed by atoms with E-state index < -0.39 is 0 Å². The summed E-state index contributed by atoms with van der Waals surface area (Å²) in [6.45, 7) is 0.822. The Bertz CT molecular complexity index is 579. The van der Waals surface area contributed by atoms with E-state index in [2.05, 4.69) is 15.6 Å². The summed E-state index contributed by atoms with van der Waals surface area (Å²) in [5, 5.41) is 0.789. The van der Waals surface area contributed by atoms with E-state index in [1.807, 2.05) is 18.2 Å². The first-order valence-electron chi connectivity index (χ1n) is 5.49. The van der Waals surface area contributed by atoms with Crippen LogP contribution in [0.2, 0.25) is 0 Å². The van der Waals surface area contributed by atoms with E-state index in [9.17, 15) is 4.79 Å². The maximum Gasteiger partial charge on any atom is 0.319 e. The number of rotatable bonds is 1. The van der Waals surface area contributed by atoms with Crippen molar-refractivity contribution in [3.05, 3.63) is 24.3 Å². The number of carbonyl (C=O) groups is 1. The minimum atomic E-state index is -0.159. The Balaban J connectivity index is 2.00. The van der Waals surface area contributed by atoms with Crippen molar-refractivity contribution in [3.63, 3.8) is 0 Å². The number of hydrogen-bond donors (Lipinski definition) is 0. The highest BCUT2D eigenvalue weighted by Crippen LogP contribution is 2.34. The smallest absolute Gasteiger partial charge is 0.319 e. The summed E-state index contributed by atoms with van der Waals surface area (Å²) in [4.78, 5) is 16.1. The zero-order valence-electron chi connectivity index (χ0n) is 9.42. The van der Waals surface area contributed by atoms with Gasteiger partial charge in [-0.2, -0.15) is 0 Å². The largest absolute Gasteiger partial charge is 0.468 e. The number of thioether (sulfide) groups is 1. The van der Waals surface area contributed by atoms with Crippen LogP contribution in [0.15, 0.2) is 29.4 Å². The molecule has 1 aromatic carbocycles. The molecular weight excluding hydrogens is 236 g/mol. The number of fused-ring (bicyclic) bond motifs is 3. The lowest BCUT2D eigenvalue weighted by Crippen LogP contribution is -2.25. The molecule has 5 heteroatoms. The Labute approximate surface area is 103 Å². The molecule has 1 unspecified atom stereocenters. The monoisotopic (exact) mass is 248 g/mol. The summed E-state index contributed by atoms with van der Waals surface area (Å²) < 4.78 is 6.95. The predicted octanol–water partition coefficient (Wildman–Crippen LogP) is 2.07. The number of benzene rings is 1. The Morgan fingerprint density at radius 3 is 3.18 bits per heavy atom. The molecule has 0 N–H and O–H groups in total. The number of hydrogen-bond acceptors (Lipinski definition) is 4. The van der Waals surface area contributed by atoms with Crippen molar-refractivity contribution < 1.29 is 9.53 Å². The fraction of sp³-hybridized carbons (Fsp3) is 0.333. The van der Waals surface area contributed by atoms with Crippen LogP contribution in [0.25, 0.3) is 11.0 Å². The fourth-order valence-corrected chi connectivity index (χ4v) is 3.23. The number of nitrogens with zero attached hydrogens (tertiary/aromatic N) is 2. The second-order valence-electron chi connectivity index (χ2n) is 3.95. The lowest BCUT2D eigenvalue weighted by atomic mass is 10.3. The number of carbonyl (C=O) groups excluding carboxylic acids is 1. The van der Waals surface area contributed by atoms with E-state index in [0.717, 1.165) is 29.2 Å². The maximum absolute atomic E-state index is 11.5. The molecule has 1 aliphatic heterocycles. The Hall–Kier alpha value is -1.49. The number of ether oxygens (including phenoxy) is 1. The molecule has 88 valence electrons. The van der Waals surface area contributed by atoms with Crippen LogP contribution in [-0.2, 0) is 16.1 Å². The van der Waals surface area contributed by atoms with Gasteiger partial charge in [0.2, 0.25) is 0 Å². The molecule has 1 atom stereocenters. The average molecular weight is 248 g/mol. The van der Waals surface area contributed by atoms with Crippen LogP contribution in [0, 0.1) is 0 Å². The Morgan fingerprint density at radius 1 is 1.53 bits per heavy atom. The molecule has 0 radical (unpaired) electrons. The van der Waals surface area contributed by atoms with Crippen molar-refractivity contribution in [2.45, 2.75) is 23.4 Å². The van der Waals surface area contributed by atoms with Gasteiger partial charge in [-0.05, 0) is 18.6 Å². The number of esters is 1. The molecule has 4 nitrogen and oxygen atoms in total. The van der Waals surface area contributed by atoms with Gasteiger partial charge in [0.1, 0.15) is 5.25 Å². The van der Waals surface area contributed by atoms with Crippen LogP contribution >= 0.6 is 11.8 Å². The summed E-state index contributed by atoms with van der Waals surface area (Å²) >= 11 is 1.49. The molecule has 0 saturated carbocycles. The molecule has 2 aromatic rings. The van der Waals surface area contributed by atoms with Crippen LogP contribution in [0.4, 0.5) is 0 Å². The Morgan fingerprint density at radius 2 is 2.35 bits per heavy atom. The highest BCUT2D eigenvalue weighted by Gasteiger charge is 2.28. The second-order valence-corrected chi connectivity index (χ2v) is 5.12. The third kappa shape index (κ3) is 1.70. The molecule has 3 rings (SSSR count). The van der Waals surface area contributed by atoms with E-state index in [-0.39, 0.29) is 11.2 Å². The number of imidazole rings is 1. The van der Waals surface area contributed by atoms with Gasteiger partial charge in [0.15, 0.2) is 5.16 Å². The first-order chi connectivity index (χ1) is 8.29. The zero-order valence-corrected chi connectivity index (χ0v) is 10.2. The molecule has 0 aliphatic carbocycles. The minimum absolute atomic E-state index is 0.121. The van der Waals surface area contributed by atoms with Gasteiger partial charge in [0.05, 0.1) is 18.1 Å². The average Bonchev–Trinajstić information content (AvgIpc) is 2.75. The summed E-state index contributed by atoms with van der Waals surface area (Å²) in [7, 11) is 1.43. The van der Waals surface area contributed by atoms with Gasteiger partial charge in [-0.3, -0.25) is 4.79 Å². The minimum Gasteiger partial charge on any atom is -0.468 e. The zero-order chi connectivity index (χ0) is 11.8. The van der Waals surface area contributed by atoms with E-state index >= 15 is 0 Å². The van der Waals surface area contributed by atoms with Gasteiger partial charge in [0, 0.05) is 6.54 Å². The van der Waals surface area contributed by atoms with Crippen LogP contribution in [0.5, 0.6) is 0 Å². The second kappa shape index (κ2) is 4.07. The molecule has 0 bridgehead atoms. The van der Waals surface area contributed by atoms with E-state index in [1.54, 1.807) is 0 Å². The standard InChI is InChI=1S/C12H12N2O2S/c1-16-11(15)10-6-7-14-9-5-3-2-4-8(9)13-12(14)17-10/h2-5,10H,6-7H2,1H3. The molecular formula is C12H12N2O2S. The van der Waals surface area contributed by atoms with E-state index in [0.29, 0.717) is 0 Å². The molecule has 0 fully saturated rings. The lowest BCUT2D eigenvalue weighted by molar-refractivity contribution is -0.140. The Kier molecular flexibility index (Phi) is 2.55. The maximum atomic E-state index is 11.5. The highest BCUT2D eigenvalue weighted by atomic mass is 32.2. The highest BCUT2D eigenvalue weighted by molar-refractivity contribution is 8.00. The van der Waals surface area contributed by atoms with Gasteiger partial charge in [-0.25, -0.2) is 4.98 Å². The van der Waals surface area contributed by atoms with Crippen molar-refractivity contribution in [2.75, 3.05) is 7.11 Å². The van der Waals surface area contributed by atoms with Gasteiger partial charge in [-0.1, -0.05) is 23.9 Å². The number of aryl methyl sites for hydroxylation is 1. The van der Waals surface area contributed by atoms with E-state index in [1.165, 1.54) is 18.9 Å². The lowest BCUT2D eigenvalue weighted by Gasteiger charge is -2.20. The number of aromatic nitrogens is 2. The van der Waals surface area contributed by atoms with Crippen molar-refractivity contribution in [3.8, 4) is 0 Å². The molecule has 1 aromatic heterocycles. The number of methoxy groups -OCH3 is 1. The van der Waals surface area contributed by atoms with Crippen molar-refractivity contribution in [1.29, 1.82) is 0 Å². The van der Waals surface area contributed by atoms with Crippen LogP contribution in [-0.4, -0.2) is 27.9 Å². The summed E-state index contributed by atoms with van der Waals surface area (Å²) in [6.07, 6.45) is 0.796. The first-order valence-corrected chi connectivity index (χ1v) is 6.37. The first kappa shape index (κ1) is 10.7. The summed E-state index contributed by atoms with van der Waals surface area (Å²) in [5.74, 6) is -0.159. The normalized spacial score (nSPS) is 19.0. The quantitative estimate of drug-likeness (QED) is 0.725. The SMILES string of the molecule is COC(=O)C1CCn2c(nc3ccccc32)S1. The van der Waals surface area contributed by atoms with Gasteiger partial charge in [-0.15, -0.1) is 0 Å². The molecule has 0 amide bonds. The van der Waals surface area contributed by atoms with Crippen LogP contribution < -0.4 is 0 Å². The van der Waals surface area contributed by atoms with Crippen LogP contribution in [0.3, 0.4) is 0 Å². The number of para-hydroxylation sites is 2. The van der Waals surface area contributed by atoms with Crippen molar-refractivity contribution >= 4 is 28.8 Å². The molecule has 0 saturated heterocycles. The summed E-state index contributed by atoms with van der Waals surface area (Å²) in [6, 6.07) is 8.04.